The topological polar surface area (TPSA) is 126 Å². The average molecular weight is 511 g/mol. The molecule has 0 aliphatic heterocycles. The summed E-state index contributed by atoms with van der Waals surface area (Å²) < 4.78 is 30.8. The summed E-state index contributed by atoms with van der Waals surface area (Å²) in [6.07, 6.45) is 2.34. The van der Waals surface area contributed by atoms with Crippen LogP contribution in [0.1, 0.15) is 44.7 Å². The van der Waals surface area contributed by atoms with Gasteiger partial charge in [-0.05, 0) is 60.6 Å². The predicted molar refractivity (Wildman–Crippen MR) is 133 cm³/mol. The summed E-state index contributed by atoms with van der Waals surface area (Å²) in [5, 5.41) is 25.0. The number of benzene rings is 1. The van der Waals surface area contributed by atoms with Gasteiger partial charge in [0.1, 0.15) is 28.8 Å². The minimum Gasteiger partial charge on any atom is -0.379 e. The van der Waals surface area contributed by atoms with E-state index in [-0.39, 0.29) is 33.3 Å². The van der Waals surface area contributed by atoms with Gasteiger partial charge in [-0.1, -0.05) is 5.92 Å². The molecule has 0 fully saturated rings. The van der Waals surface area contributed by atoms with Crippen molar-refractivity contribution in [3.05, 3.63) is 104 Å². The second kappa shape index (κ2) is 10.0. The van der Waals surface area contributed by atoms with Crippen LogP contribution in [0.4, 0.5) is 8.78 Å². The van der Waals surface area contributed by atoms with Gasteiger partial charge >= 0.3 is 0 Å². The molecule has 0 spiro atoms. The van der Waals surface area contributed by atoms with Crippen molar-refractivity contribution in [1.29, 1.82) is 5.26 Å². The summed E-state index contributed by atoms with van der Waals surface area (Å²) in [5.41, 5.74) is 3.65. The van der Waals surface area contributed by atoms with E-state index in [2.05, 4.69) is 28.8 Å². The van der Waals surface area contributed by atoms with Gasteiger partial charge in [0, 0.05) is 31.4 Å². The van der Waals surface area contributed by atoms with Gasteiger partial charge in [-0.15, -0.1) is 0 Å². The van der Waals surface area contributed by atoms with Crippen LogP contribution < -0.4 is 11.3 Å². The SMILES string of the molecule is Cc1ccc(C(O)(CC#CC#Cc2c(C(N)=O)ccn3ncc(C#N)c23)c2cc(F)cc(F)c2)c(=O)n1C. The molecule has 0 bridgehead atoms. The first kappa shape index (κ1) is 25.8. The first-order valence-electron chi connectivity index (χ1n) is 11.1. The molecular weight excluding hydrogens is 492 g/mol. The Morgan fingerprint density at radius 1 is 1.18 bits per heavy atom. The maximum absolute atomic E-state index is 14.1. The Morgan fingerprint density at radius 3 is 2.55 bits per heavy atom. The molecule has 0 aliphatic rings. The number of hydrogen-bond acceptors (Lipinski definition) is 5. The highest BCUT2D eigenvalue weighted by atomic mass is 19.1. The van der Waals surface area contributed by atoms with Crippen LogP contribution in [0.25, 0.3) is 5.52 Å². The number of rotatable bonds is 4. The molecule has 3 heterocycles. The molecule has 0 saturated carbocycles. The number of nitriles is 1. The molecule has 188 valence electrons. The molecule has 1 amide bonds. The first-order valence-corrected chi connectivity index (χ1v) is 11.1. The number of carbonyl (C=O) groups is 1. The molecular formula is C28H19F2N5O3. The summed E-state index contributed by atoms with van der Waals surface area (Å²) >= 11 is 0. The Bertz CT molecular complexity index is 1820. The molecule has 0 radical (unpaired) electrons. The number of nitrogens with two attached hydrogens (primary N) is 1. The van der Waals surface area contributed by atoms with Crippen molar-refractivity contribution < 1.29 is 18.7 Å². The fraction of sp³-hybridized carbons (Fsp3) is 0.143. The lowest BCUT2D eigenvalue weighted by molar-refractivity contribution is 0.0837. The maximum Gasteiger partial charge on any atom is 0.256 e. The zero-order valence-electron chi connectivity index (χ0n) is 20.2. The average Bonchev–Trinajstić information content (AvgIpc) is 3.30. The summed E-state index contributed by atoms with van der Waals surface area (Å²) in [4.78, 5) is 24.9. The highest BCUT2D eigenvalue weighted by Gasteiger charge is 2.35. The third-order valence-corrected chi connectivity index (χ3v) is 6.09. The fourth-order valence-corrected chi connectivity index (χ4v) is 3.99. The third kappa shape index (κ3) is 4.62. The van der Waals surface area contributed by atoms with Gasteiger partial charge in [-0.3, -0.25) is 9.59 Å². The molecule has 38 heavy (non-hydrogen) atoms. The third-order valence-electron chi connectivity index (χ3n) is 6.09. The largest absolute Gasteiger partial charge is 0.379 e. The summed E-state index contributed by atoms with van der Waals surface area (Å²) in [6, 6.07) is 8.87. The van der Waals surface area contributed by atoms with Gasteiger partial charge in [0.2, 0.25) is 5.91 Å². The molecule has 1 unspecified atom stereocenters. The van der Waals surface area contributed by atoms with Crippen LogP contribution in [0.5, 0.6) is 0 Å². The minimum atomic E-state index is -2.17. The van der Waals surface area contributed by atoms with Crippen LogP contribution in [0.3, 0.4) is 0 Å². The summed E-state index contributed by atoms with van der Waals surface area (Å²) in [6.45, 7) is 1.70. The van der Waals surface area contributed by atoms with Gasteiger partial charge in [0.25, 0.3) is 5.56 Å². The molecule has 3 aromatic heterocycles. The van der Waals surface area contributed by atoms with Gasteiger partial charge < -0.3 is 15.4 Å². The second-order valence-corrected chi connectivity index (χ2v) is 8.43. The lowest BCUT2D eigenvalue weighted by Gasteiger charge is -2.27. The standard InChI is InChI=1S/C28H19F2N5O3/c1-17-7-8-24(27(37)34(17)2)28(38,19-12-20(29)14-21(30)13-19)10-5-3-4-6-22-23(26(32)36)9-11-35-25(22)18(15-31)16-33-35/h7-9,11-14,16,38H,10H2,1-2H3,(H2,32,36). The Kier molecular flexibility index (Phi) is 6.81. The quantitative estimate of drug-likeness (QED) is 0.407. The maximum atomic E-state index is 14.1. The Balaban J connectivity index is 1.81. The van der Waals surface area contributed by atoms with Crippen molar-refractivity contribution in [2.45, 2.75) is 18.9 Å². The van der Waals surface area contributed by atoms with Crippen molar-refractivity contribution in [1.82, 2.24) is 14.2 Å². The number of aliphatic hydroxyl groups is 1. The predicted octanol–water partition coefficient (Wildman–Crippen LogP) is 2.27. The van der Waals surface area contributed by atoms with Gasteiger partial charge in [-0.2, -0.15) is 10.4 Å². The number of nitrogens with zero attached hydrogens (tertiary/aromatic N) is 4. The lowest BCUT2D eigenvalue weighted by atomic mass is 9.84. The van der Waals surface area contributed by atoms with E-state index in [9.17, 15) is 28.7 Å². The molecule has 4 aromatic rings. The van der Waals surface area contributed by atoms with E-state index in [1.165, 1.54) is 40.7 Å². The van der Waals surface area contributed by atoms with Crippen LogP contribution in [0.2, 0.25) is 0 Å². The van der Waals surface area contributed by atoms with Crippen molar-refractivity contribution in [2.24, 2.45) is 12.8 Å². The zero-order valence-corrected chi connectivity index (χ0v) is 20.2. The molecule has 3 N–H and O–H groups in total. The van der Waals surface area contributed by atoms with E-state index in [1.54, 1.807) is 13.0 Å². The number of amides is 1. The zero-order chi connectivity index (χ0) is 27.6. The smallest absolute Gasteiger partial charge is 0.256 e. The van der Waals surface area contributed by atoms with E-state index in [0.29, 0.717) is 11.8 Å². The minimum absolute atomic E-state index is 0.0543. The monoisotopic (exact) mass is 511 g/mol. The van der Waals surface area contributed by atoms with Crippen molar-refractivity contribution in [3.63, 3.8) is 0 Å². The van der Waals surface area contributed by atoms with E-state index >= 15 is 0 Å². The molecule has 1 atom stereocenters. The number of halogens is 2. The molecule has 0 aliphatic carbocycles. The van der Waals surface area contributed by atoms with Gasteiger partial charge in [-0.25, -0.2) is 13.3 Å². The van der Waals surface area contributed by atoms with E-state index in [4.69, 9.17) is 5.73 Å². The van der Waals surface area contributed by atoms with Crippen molar-refractivity contribution >= 4 is 11.4 Å². The van der Waals surface area contributed by atoms with Crippen LogP contribution in [0, 0.1) is 53.6 Å². The first-order chi connectivity index (χ1) is 18.1. The number of primary amides is 1. The summed E-state index contributed by atoms with van der Waals surface area (Å²) in [7, 11) is 1.51. The number of aromatic nitrogens is 3. The van der Waals surface area contributed by atoms with Gasteiger partial charge in [0.05, 0.1) is 28.5 Å². The lowest BCUT2D eigenvalue weighted by Crippen LogP contribution is -2.36. The highest BCUT2D eigenvalue weighted by molar-refractivity contribution is 5.98. The molecule has 8 nitrogen and oxygen atoms in total. The van der Waals surface area contributed by atoms with Gasteiger partial charge in [0.15, 0.2) is 0 Å². The Morgan fingerprint density at radius 2 is 1.89 bits per heavy atom. The number of carbonyl (C=O) groups excluding carboxylic acids is 1. The summed E-state index contributed by atoms with van der Waals surface area (Å²) in [5.74, 6) is 7.79. The normalized spacial score (nSPS) is 12.0. The molecule has 0 saturated heterocycles. The number of aryl methyl sites for hydroxylation is 1. The number of pyridine rings is 2. The highest BCUT2D eigenvalue weighted by Crippen LogP contribution is 2.32. The van der Waals surface area contributed by atoms with Crippen LogP contribution in [0.15, 0.2) is 53.6 Å². The number of hydrogen-bond donors (Lipinski definition) is 2. The molecule has 4 rings (SSSR count). The van der Waals surface area contributed by atoms with Crippen molar-refractivity contribution in [2.75, 3.05) is 0 Å². The van der Waals surface area contributed by atoms with Crippen LogP contribution in [-0.4, -0.2) is 25.2 Å². The van der Waals surface area contributed by atoms with E-state index in [1.807, 2.05) is 6.07 Å². The van der Waals surface area contributed by atoms with Crippen molar-refractivity contribution in [3.8, 4) is 29.8 Å². The fourth-order valence-electron chi connectivity index (χ4n) is 3.99. The Labute approximate surface area is 215 Å². The molecule has 1 aromatic carbocycles. The molecule has 10 heteroatoms. The van der Waals surface area contributed by atoms with Crippen LogP contribution in [-0.2, 0) is 12.6 Å². The Hall–Kier alpha value is -5.24. The second-order valence-electron chi connectivity index (χ2n) is 8.43. The number of fused-ring (bicyclic) bond motifs is 1. The van der Waals surface area contributed by atoms with E-state index in [0.717, 1.165) is 12.1 Å². The van der Waals surface area contributed by atoms with E-state index < -0.39 is 35.1 Å². The van der Waals surface area contributed by atoms with Crippen LogP contribution >= 0.6 is 0 Å².